The molecule has 21 heavy (non-hydrogen) atoms. The molecule has 8 N–H and O–H groups in total. The van der Waals surface area contributed by atoms with E-state index < -0.39 is 12.1 Å². The summed E-state index contributed by atoms with van der Waals surface area (Å²) in [6.45, 7) is 0. The summed E-state index contributed by atoms with van der Waals surface area (Å²) < 4.78 is 0. The average molecular weight is 290 g/mol. The third-order valence-corrected chi connectivity index (χ3v) is 5.41. The number of fused-ring (bicyclic) bond motifs is 2. The van der Waals surface area contributed by atoms with Crippen LogP contribution in [0, 0.1) is 35.5 Å². The Morgan fingerprint density at radius 3 is 1.71 bits per heavy atom. The van der Waals surface area contributed by atoms with Crippen LogP contribution >= 0.6 is 0 Å². The first-order chi connectivity index (χ1) is 10.1. The minimum atomic E-state index is -0.598. The zero-order chi connectivity index (χ0) is 14.7. The highest BCUT2D eigenvalue weighted by Gasteiger charge is 2.64. The van der Waals surface area contributed by atoms with E-state index in [9.17, 15) is 9.59 Å². The van der Waals surface area contributed by atoms with Crippen molar-refractivity contribution in [3.63, 3.8) is 0 Å². The zero-order valence-corrected chi connectivity index (χ0v) is 11.3. The molecule has 0 aromatic heterocycles. The lowest BCUT2D eigenvalue weighted by Crippen LogP contribution is -2.45. The zero-order valence-electron chi connectivity index (χ0n) is 11.3. The van der Waals surface area contributed by atoms with Gasteiger partial charge in [-0.3, -0.25) is 10.9 Å². The quantitative estimate of drug-likeness (QED) is 0.379. The van der Waals surface area contributed by atoms with Crippen LogP contribution in [0.1, 0.15) is 6.42 Å². The van der Waals surface area contributed by atoms with Crippen molar-refractivity contribution in [1.29, 1.82) is 0 Å². The molecule has 8 heteroatoms. The van der Waals surface area contributed by atoms with Gasteiger partial charge in [0.1, 0.15) is 0 Å². The fourth-order valence-electron chi connectivity index (χ4n) is 4.98. The van der Waals surface area contributed by atoms with E-state index in [2.05, 4.69) is 33.9 Å². The topological polar surface area (TPSA) is 134 Å². The van der Waals surface area contributed by atoms with Crippen molar-refractivity contribution >= 4 is 12.1 Å². The summed E-state index contributed by atoms with van der Waals surface area (Å²) >= 11 is 0. The maximum Gasteiger partial charge on any atom is 0.330 e. The third-order valence-electron chi connectivity index (χ3n) is 5.41. The highest BCUT2D eigenvalue weighted by molar-refractivity contribution is 5.71. The number of carbonyl (C=O) groups is 2. The summed E-state index contributed by atoms with van der Waals surface area (Å²) in [6, 6.07) is -1.20. The molecule has 2 saturated carbocycles. The van der Waals surface area contributed by atoms with Crippen molar-refractivity contribution in [2.24, 2.45) is 47.0 Å². The van der Waals surface area contributed by atoms with Crippen LogP contribution in [-0.2, 0) is 0 Å². The van der Waals surface area contributed by atoms with Crippen LogP contribution in [-0.4, -0.2) is 12.1 Å². The molecule has 0 aromatic carbocycles. The second kappa shape index (κ2) is 4.06. The molecule has 0 spiro atoms. The Hall–Kier alpha value is -2.38. The van der Waals surface area contributed by atoms with E-state index in [4.69, 9.17) is 11.5 Å². The number of carbonyl (C=O) groups excluding carboxylic acids is 2. The Labute approximate surface area is 121 Å². The van der Waals surface area contributed by atoms with Crippen LogP contribution in [0.4, 0.5) is 9.59 Å². The minimum Gasteiger partial charge on any atom is -0.350 e. The number of amides is 4. The van der Waals surface area contributed by atoms with E-state index in [0.29, 0.717) is 35.5 Å². The van der Waals surface area contributed by atoms with Crippen molar-refractivity contribution in [1.82, 2.24) is 21.7 Å². The molecule has 0 saturated heterocycles. The molecule has 0 aromatic rings. The molecule has 0 aliphatic heterocycles. The predicted octanol–water partition coefficient (Wildman–Crippen LogP) is -0.758. The molecular formula is C13H18N6O2. The van der Waals surface area contributed by atoms with Gasteiger partial charge < -0.3 is 22.3 Å². The van der Waals surface area contributed by atoms with Gasteiger partial charge in [-0.25, -0.2) is 9.59 Å². The van der Waals surface area contributed by atoms with E-state index in [1.165, 1.54) is 6.42 Å². The van der Waals surface area contributed by atoms with Crippen LogP contribution in [0.2, 0.25) is 0 Å². The smallest absolute Gasteiger partial charge is 0.330 e. The number of primary amides is 2. The molecule has 0 radical (unpaired) electrons. The Balaban J connectivity index is 1.55. The highest BCUT2D eigenvalue weighted by Crippen LogP contribution is 2.68. The molecule has 4 aliphatic rings. The van der Waals surface area contributed by atoms with Gasteiger partial charge in [0.25, 0.3) is 0 Å². The van der Waals surface area contributed by atoms with Crippen molar-refractivity contribution in [2.45, 2.75) is 6.42 Å². The molecule has 0 unspecified atom stereocenters. The largest absolute Gasteiger partial charge is 0.350 e. The Bertz CT molecular complexity index is 535. The molecule has 2 bridgehead atoms. The number of allylic oxidation sites excluding steroid dienone is 4. The van der Waals surface area contributed by atoms with Crippen molar-refractivity contribution < 1.29 is 9.59 Å². The van der Waals surface area contributed by atoms with Gasteiger partial charge in [-0.15, -0.1) is 0 Å². The lowest BCUT2D eigenvalue weighted by atomic mass is 9.77. The van der Waals surface area contributed by atoms with Gasteiger partial charge in [0.2, 0.25) is 0 Å². The molecule has 6 atom stereocenters. The second-order valence-electron chi connectivity index (χ2n) is 6.24. The summed E-state index contributed by atoms with van der Waals surface area (Å²) in [5.74, 6) is 2.87. The number of rotatable bonds is 4. The molecular weight excluding hydrogens is 272 g/mol. The summed E-state index contributed by atoms with van der Waals surface area (Å²) in [5, 5.41) is 0. The van der Waals surface area contributed by atoms with Crippen molar-refractivity contribution in [3.8, 4) is 0 Å². The summed E-state index contributed by atoms with van der Waals surface area (Å²) in [4.78, 5) is 21.8. The van der Waals surface area contributed by atoms with Crippen molar-refractivity contribution in [2.75, 3.05) is 0 Å². The highest BCUT2D eigenvalue weighted by atomic mass is 16.2. The van der Waals surface area contributed by atoms with Gasteiger partial charge >= 0.3 is 12.1 Å². The molecule has 0 heterocycles. The van der Waals surface area contributed by atoms with Crippen molar-refractivity contribution in [3.05, 3.63) is 23.5 Å². The van der Waals surface area contributed by atoms with E-state index in [0.717, 1.165) is 11.4 Å². The summed E-state index contributed by atoms with van der Waals surface area (Å²) in [5.41, 5.74) is 23.1. The fraction of sp³-hybridized carbons (Fsp3) is 0.538. The SMILES string of the molecule is NC(=O)NNC1=C[C@@H]2[C@@H]3C=C(NNC(N)=O)[C@H]4[C@@H]3C[C@H]2[C@@H]14. The number of hydrogen-bond acceptors (Lipinski definition) is 4. The van der Waals surface area contributed by atoms with Crippen LogP contribution < -0.4 is 33.2 Å². The van der Waals surface area contributed by atoms with E-state index >= 15 is 0 Å². The van der Waals surface area contributed by atoms with Crippen LogP contribution in [0.3, 0.4) is 0 Å². The molecule has 4 amide bonds. The number of hydrogen-bond donors (Lipinski definition) is 6. The van der Waals surface area contributed by atoms with Crippen LogP contribution in [0.15, 0.2) is 23.5 Å². The first-order valence-corrected chi connectivity index (χ1v) is 7.12. The van der Waals surface area contributed by atoms with Gasteiger partial charge in [0.15, 0.2) is 0 Å². The summed E-state index contributed by atoms with van der Waals surface area (Å²) in [7, 11) is 0. The van der Waals surface area contributed by atoms with Gasteiger partial charge in [-0.05, 0) is 30.1 Å². The number of hydrazine groups is 2. The minimum absolute atomic E-state index is 0.332. The fourth-order valence-corrected chi connectivity index (χ4v) is 4.98. The number of nitrogens with one attached hydrogen (secondary N) is 4. The number of urea groups is 2. The monoisotopic (exact) mass is 290 g/mol. The maximum absolute atomic E-state index is 10.9. The summed E-state index contributed by atoms with van der Waals surface area (Å²) in [6.07, 6.45) is 5.64. The molecule has 2 fully saturated rings. The normalized spacial score (nSPS) is 40.6. The van der Waals surface area contributed by atoms with Gasteiger partial charge in [-0.2, -0.15) is 0 Å². The Morgan fingerprint density at radius 1 is 0.905 bits per heavy atom. The predicted molar refractivity (Wildman–Crippen MR) is 73.4 cm³/mol. The lowest BCUT2D eigenvalue weighted by Gasteiger charge is -2.30. The lowest BCUT2D eigenvalue weighted by molar-refractivity contribution is 0.228. The average Bonchev–Trinajstić information content (AvgIpc) is 3.03. The molecule has 4 rings (SSSR count). The van der Waals surface area contributed by atoms with Gasteiger partial charge in [-0.1, -0.05) is 12.2 Å². The van der Waals surface area contributed by atoms with Crippen LogP contribution in [0.5, 0.6) is 0 Å². The standard InChI is InChI=1S/C13H18N6O2/c14-12(20)18-16-8-2-4-5-3-9(17-19-13(15)21)11-7(5)1-6(4)10(8)11/h2-7,10-11,16-17H,1H2,(H3,14,18,20)(H3,15,19,21)/t4-,5+,6-,7-,10+,11-/m1/s1. The Kier molecular flexibility index (Phi) is 2.39. The molecule has 8 nitrogen and oxygen atoms in total. The van der Waals surface area contributed by atoms with Crippen LogP contribution in [0.25, 0.3) is 0 Å². The maximum atomic E-state index is 10.9. The second-order valence-corrected chi connectivity index (χ2v) is 6.24. The molecule has 112 valence electrons. The van der Waals surface area contributed by atoms with Gasteiger partial charge in [0, 0.05) is 23.2 Å². The van der Waals surface area contributed by atoms with E-state index in [-0.39, 0.29) is 0 Å². The molecule has 4 aliphatic carbocycles. The van der Waals surface area contributed by atoms with Gasteiger partial charge in [0.05, 0.1) is 0 Å². The third kappa shape index (κ3) is 1.61. The van der Waals surface area contributed by atoms with E-state index in [1.54, 1.807) is 0 Å². The Morgan fingerprint density at radius 2 is 1.33 bits per heavy atom. The first kappa shape index (κ1) is 12.4. The first-order valence-electron chi connectivity index (χ1n) is 7.12. The number of nitrogens with two attached hydrogens (primary N) is 2. The van der Waals surface area contributed by atoms with E-state index in [1.807, 2.05) is 0 Å².